The molecule has 0 aromatic carbocycles. The van der Waals surface area contributed by atoms with E-state index < -0.39 is 0 Å². The fraction of sp³-hybridized carbons (Fsp3) is 0.538. The molecule has 2 rings (SSSR count). The van der Waals surface area contributed by atoms with Crippen LogP contribution in [0.3, 0.4) is 0 Å². The van der Waals surface area contributed by atoms with Crippen LogP contribution in [0.15, 0.2) is 18.2 Å². The lowest BCUT2D eigenvalue weighted by Crippen LogP contribution is -2.38. The second-order valence-electron chi connectivity index (χ2n) is 4.43. The van der Waals surface area contributed by atoms with Crippen LogP contribution in [0.25, 0.3) is 0 Å². The van der Waals surface area contributed by atoms with Crippen molar-refractivity contribution >= 4 is 0 Å². The van der Waals surface area contributed by atoms with Crippen LogP contribution in [0.2, 0.25) is 0 Å². The maximum Gasteiger partial charge on any atom is 0.214 e. The monoisotopic (exact) mass is 231 g/mol. The molecule has 2 N–H and O–H groups in total. The minimum Gasteiger partial charge on any atom is -0.473 e. The number of nitrogens with zero attached hydrogens (tertiary/aromatic N) is 2. The molecule has 17 heavy (non-hydrogen) atoms. The van der Waals surface area contributed by atoms with E-state index in [0.717, 1.165) is 19.3 Å². The Kier molecular flexibility index (Phi) is 3.94. The van der Waals surface area contributed by atoms with Crippen LogP contribution in [0.5, 0.6) is 5.88 Å². The molecule has 4 heteroatoms. The molecule has 4 nitrogen and oxygen atoms in total. The number of nitrogens with two attached hydrogens (primary N) is 1. The first kappa shape index (κ1) is 11.9. The van der Waals surface area contributed by atoms with Gasteiger partial charge in [0, 0.05) is 12.1 Å². The number of pyridine rings is 1. The highest BCUT2D eigenvalue weighted by atomic mass is 16.5. The summed E-state index contributed by atoms with van der Waals surface area (Å²) in [5.41, 5.74) is 6.46. The van der Waals surface area contributed by atoms with Crippen LogP contribution in [0, 0.1) is 11.3 Å². The zero-order valence-corrected chi connectivity index (χ0v) is 9.80. The molecule has 1 saturated carbocycles. The SMILES string of the molecule is N#Cc1cccc(OC2CCCCCC2N)n1. The molecule has 1 aliphatic rings. The van der Waals surface area contributed by atoms with Gasteiger partial charge in [0.05, 0.1) is 0 Å². The third-order valence-corrected chi connectivity index (χ3v) is 3.11. The maximum atomic E-state index is 8.77. The van der Waals surface area contributed by atoms with Crippen molar-refractivity contribution in [1.29, 1.82) is 5.26 Å². The van der Waals surface area contributed by atoms with Crippen LogP contribution in [0.1, 0.15) is 37.8 Å². The first-order valence-corrected chi connectivity index (χ1v) is 6.09. The van der Waals surface area contributed by atoms with E-state index >= 15 is 0 Å². The molecule has 0 radical (unpaired) electrons. The number of nitriles is 1. The van der Waals surface area contributed by atoms with Gasteiger partial charge in [-0.2, -0.15) is 5.26 Å². The van der Waals surface area contributed by atoms with Gasteiger partial charge in [-0.1, -0.05) is 18.9 Å². The lowest BCUT2D eigenvalue weighted by Gasteiger charge is -2.22. The summed E-state index contributed by atoms with van der Waals surface area (Å²) in [5.74, 6) is 0.506. The van der Waals surface area contributed by atoms with Crippen molar-refractivity contribution in [3.63, 3.8) is 0 Å². The Morgan fingerprint density at radius 2 is 2.12 bits per heavy atom. The van der Waals surface area contributed by atoms with Crippen molar-refractivity contribution in [2.75, 3.05) is 0 Å². The lowest BCUT2D eigenvalue weighted by molar-refractivity contribution is 0.156. The molecule has 2 unspecified atom stereocenters. The van der Waals surface area contributed by atoms with Crippen LogP contribution in [-0.2, 0) is 0 Å². The smallest absolute Gasteiger partial charge is 0.214 e. The molecule has 0 spiro atoms. The van der Waals surface area contributed by atoms with E-state index in [1.54, 1.807) is 18.2 Å². The third kappa shape index (κ3) is 3.18. The number of aromatic nitrogens is 1. The van der Waals surface area contributed by atoms with Crippen LogP contribution in [-0.4, -0.2) is 17.1 Å². The van der Waals surface area contributed by atoms with Gasteiger partial charge in [0.1, 0.15) is 17.9 Å². The molecule has 90 valence electrons. The summed E-state index contributed by atoms with van der Waals surface area (Å²) in [6, 6.07) is 7.30. The molecule has 1 aromatic heterocycles. The van der Waals surface area contributed by atoms with E-state index in [-0.39, 0.29) is 12.1 Å². The Morgan fingerprint density at radius 1 is 1.29 bits per heavy atom. The Bertz CT molecular complexity index is 413. The predicted molar refractivity (Wildman–Crippen MR) is 64.4 cm³/mol. The average molecular weight is 231 g/mol. The van der Waals surface area contributed by atoms with E-state index in [2.05, 4.69) is 4.98 Å². The molecule has 1 aliphatic carbocycles. The molecule has 0 bridgehead atoms. The highest BCUT2D eigenvalue weighted by Gasteiger charge is 2.22. The average Bonchev–Trinajstić information content (AvgIpc) is 2.55. The van der Waals surface area contributed by atoms with Crippen molar-refractivity contribution < 1.29 is 4.74 Å². The van der Waals surface area contributed by atoms with Crippen molar-refractivity contribution in [1.82, 2.24) is 4.98 Å². The Labute approximate surface area is 101 Å². The van der Waals surface area contributed by atoms with Crippen molar-refractivity contribution in [2.24, 2.45) is 5.73 Å². The molecule has 1 fully saturated rings. The van der Waals surface area contributed by atoms with Crippen LogP contribution in [0.4, 0.5) is 0 Å². The zero-order valence-electron chi connectivity index (χ0n) is 9.80. The van der Waals surface area contributed by atoms with E-state index in [1.807, 2.05) is 6.07 Å². The fourth-order valence-corrected chi connectivity index (χ4v) is 2.15. The second-order valence-corrected chi connectivity index (χ2v) is 4.43. The summed E-state index contributed by atoms with van der Waals surface area (Å²) in [6.45, 7) is 0. The number of rotatable bonds is 2. The summed E-state index contributed by atoms with van der Waals surface area (Å²) in [4.78, 5) is 4.11. The maximum absolute atomic E-state index is 8.77. The summed E-state index contributed by atoms with van der Waals surface area (Å²) < 4.78 is 5.80. The third-order valence-electron chi connectivity index (χ3n) is 3.11. The number of hydrogen-bond acceptors (Lipinski definition) is 4. The molecule has 1 aromatic rings. The van der Waals surface area contributed by atoms with Gasteiger partial charge in [-0.3, -0.25) is 0 Å². The Morgan fingerprint density at radius 3 is 2.94 bits per heavy atom. The quantitative estimate of drug-likeness (QED) is 0.790. The minimum absolute atomic E-state index is 0.0268. The molecule has 0 saturated heterocycles. The highest BCUT2D eigenvalue weighted by Crippen LogP contribution is 2.21. The molecular weight excluding hydrogens is 214 g/mol. The summed E-state index contributed by atoms with van der Waals surface area (Å²) in [7, 11) is 0. The normalized spacial score (nSPS) is 24.7. The predicted octanol–water partition coefficient (Wildman–Crippen LogP) is 1.99. The fourth-order valence-electron chi connectivity index (χ4n) is 2.15. The standard InChI is InChI=1S/C13H17N3O/c14-9-10-5-4-8-13(16-10)17-12-7-3-1-2-6-11(12)15/h4-5,8,11-12H,1-3,6-7,15H2. The number of ether oxygens (including phenoxy) is 1. The first-order chi connectivity index (χ1) is 8.29. The minimum atomic E-state index is 0.0268. The van der Waals surface area contributed by atoms with Crippen LogP contribution < -0.4 is 10.5 Å². The summed E-state index contributed by atoms with van der Waals surface area (Å²) >= 11 is 0. The van der Waals surface area contributed by atoms with Gasteiger partial charge in [-0.25, -0.2) is 4.98 Å². The largest absolute Gasteiger partial charge is 0.473 e. The molecule has 2 atom stereocenters. The van der Waals surface area contributed by atoms with Gasteiger partial charge in [-0.05, 0) is 25.3 Å². The Balaban J connectivity index is 2.05. The van der Waals surface area contributed by atoms with Gasteiger partial charge >= 0.3 is 0 Å². The van der Waals surface area contributed by atoms with Gasteiger partial charge in [0.25, 0.3) is 0 Å². The number of hydrogen-bond donors (Lipinski definition) is 1. The highest BCUT2D eigenvalue weighted by molar-refractivity contribution is 5.24. The second kappa shape index (κ2) is 5.65. The summed E-state index contributed by atoms with van der Waals surface area (Å²) in [5, 5.41) is 8.77. The van der Waals surface area contributed by atoms with E-state index in [4.69, 9.17) is 15.7 Å². The van der Waals surface area contributed by atoms with Crippen molar-refractivity contribution in [3.05, 3.63) is 23.9 Å². The van der Waals surface area contributed by atoms with Crippen LogP contribution >= 0.6 is 0 Å². The zero-order chi connectivity index (χ0) is 12.1. The van der Waals surface area contributed by atoms with E-state index in [1.165, 1.54) is 12.8 Å². The van der Waals surface area contributed by atoms with Gasteiger partial charge in [0.2, 0.25) is 5.88 Å². The summed E-state index contributed by atoms with van der Waals surface area (Å²) in [6.07, 6.45) is 5.55. The van der Waals surface area contributed by atoms with Crippen molar-refractivity contribution in [3.8, 4) is 11.9 Å². The van der Waals surface area contributed by atoms with Gasteiger partial charge in [0.15, 0.2) is 0 Å². The molecule has 0 aliphatic heterocycles. The van der Waals surface area contributed by atoms with Gasteiger partial charge in [-0.15, -0.1) is 0 Å². The van der Waals surface area contributed by atoms with Gasteiger partial charge < -0.3 is 10.5 Å². The van der Waals surface area contributed by atoms with E-state index in [0.29, 0.717) is 11.6 Å². The lowest BCUT2D eigenvalue weighted by atomic mass is 10.1. The molecular formula is C13H17N3O. The Hall–Kier alpha value is -1.60. The first-order valence-electron chi connectivity index (χ1n) is 6.09. The molecule has 0 amide bonds. The molecule has 1 heterocycles. The van der Waals surface area contributed by atoms with E-state index in [9.17, 15) is 0 Å². The topological polar surface area (TPSA) is 71.9 Å². The van der Waals surface area contributed by atoms with Crippen molar-refractivity contribution in [2.45, 2.75) is 44.2 Å².